The first kappa shape index (κ1) is 15.4. The lowest BCUT2D eigenvalue weighted by molar-refractivity contribution is 0.198. The summed E-state index contributed by atoms with van der Waals surface area (Å²) in [5.41, 5.74) is 3.43. The Bertz CT molecular complexity index is 741. The van der Waals surface area contributed by atoms with Gasteiger partial charge in [0.25, 0.3) is 0 Å². The number of hydrogen-bond acceptors (Lipinski definition) is 6. The van der Waals surface area contributed by atoms with Crippen LogP contribution in [0.1, 0.15) is 49.6 Å². The third kappa shape index (κ3) is 2.84. The minimum Gasteiger partial charge on any atom is -0.391 e. The van der Waals surface area contributed by atoms with Crippen LogP contribution < -0.4 is 10.2 Å². The summed E-state index contributed by atoms with van der Waals surface area (Å²) >= 11 is 0. The average molecular weight is 328 g/mol. The number of nitrogens with one attached hydrogen (secondary N) is 2. The van der Waals surface area contributed by atoms with Crippen LogP contribution in [0.5, 0.6) is 0 Å². The van der Waals surface area contributed by atoms with E-state index in [1.165, 1.54) is 5.56 Å². The Hall–Kier alpha value is -2.15. The van der Waals surface area contributed by atoms with E-state index in [9.17, 15) is 5.11 Å². The van der Waals surface area contributed by atoms with Crippen molar-refractivity contribution in [3.63, 3.8) is 0 Å². The lowest BCUT2D eigenvalue weighted by Crippen LogP contribution is -2.24. The van der Waals surface area contributed by atoms with E-state index in [0.717, 1.165) is 55.3 Å². The van der Waals surface area contributed by atoms with Crippen LogP contribution in [0.15, 0.2) is 6.07 Å². The van der Waals surface area contributed by atoms with Crippen molar-refractivity contribution in [2.24, 2.45) is 0 Å². The van der Waals surface area contributed by atoms with Gasteiger partial charge in [-0.1, -0.05) is 13.8 Å². The summed E-state index contributed by atoms with van der Waals surface area (Å²) in [6, 6.07) is 2.04. The molecule has 0 spiro atoms. The smallest absolute Gasteiger partial charge is 0.227 e. The lowest BCUT2D eigenvalue weighted by atomic mass is 10.1. The van der Waals surface area contributed by atoms with E-state index >= 15 is 0 Å². The maximum absolute atomic E-state index is 9.79. The number of H-pyrrole nitrogens is 1. The van der Waals surface area contributed by atoms with Crippen LogP contribution in [-0.4, -0.2) is 44.5 Å². The maximum atomic E-state index is 9.79. The van der Waals surface area contributed by atoms with Crippen molar-refractivity contribution < 1.29 is 5.11 Å². The van der Waals surface area contributed by atoms with Gasteiger partial charge in [0.2, 0.25) is 5.95 Å². The topological polar surface area (TPSA) is 90.0 Å². The summed E-state index contributed by atoms with van der Waals surface area (Å²) in [6.45, 7) is 5.68. The molecule has 0 aromatic carbocycles. The van der Waals surface area contributed by atoms with Gasteiger partial charge in [0.05, 0.1) is 11.8 Å². The molecular formula is C17H24N6O. The molecule has 7 nitrogen and oxygen atoms in total. The predicted molar refractivity (Wildman–Crippen MR) is 92.9 cm³/mol. The predicted octanol–water partition coefficient (Wildman–Crippen LogP) is 2.13. The van der Waals surface area contributed by atoms with Gasteiger partial charge < -0.3 is 15.3 Å². The van der Waals surface area contributed by atoms with E-state index in [0.29, 0.717) is 18.4 Å². The first-order valence-corrected chi connectivity index (χ1v) is 8.75. The van der Waals surface area contributed by atoms with Crippen molar-refractivity contribution in [2.45, 2.75) is 51.6 Å². The molecule has 0 unspecified atom stereocenters. The number of fused-ring (bicyclic) bond motifs is 1. The highest BCUT2D eigenvalue weighted by atomic mass is 16.3. The summed E-state index contributed by atoms with van der Waals surface area (Å²) in [7, 11) is 0. The van der Waals surface area contributed by atoms with E-state index in [1.807, 2.05) is 6.07 Å². The highest BCUT2D eigenvalue weighted by molar-refractivity contribution is 5.60. The largest absolute Gasteiger partial charge is 0.391 e. The van der Waals surface area contributed by atoms with Crippen LogP contribution in [0.2, 0.25) is 0 Å². The number of aliphatic hydroxyl groups is 1. The monoisotopic (exact) mass is 328 g/mol. The van der Waals surface area contributed by atoms with Gasteiger partial charge in [-0.25, -0.2) is 4.98 Å². The molecule has 2 aliphatic rings. The number of rotatable bonds is 4. The molecule has 2 aromatic heterocycles. The zero-order chi connectivity index (χ0) is 16.7. The van der Waals surface area contributed by atoms with Gasteiger partial charge in [-0.2, -0.15) is 10.1 Å². The fourth-order valence-electron chi connectivity index (χ4n) is 3.41. The zero-order valence-electron chi connectivity index (χ0n) is 14.2. The van der Waals surface area contributed by atoms with E-state index in [4.69, 9.17) is 9.97 Å². The van der Waals surface area contributed by atoms with E-state index in [2.05, 4.69) is 34.3 Å². The molecule has 3 heterocycles. The first-order valence-electron chi connectivity index (χ1n) is 8.75. The van der Waals surface area contributed by atoms with Crippen LogP contribution in [0.25, 0.3) is 0 Å². The summed E-state index contributed by atoms with van der Waals surface area (Å²) < 4.78 is 0. The second-order valence-electron chi connectivity index (χ2n) is 7.03. The molecule has 3 N–H and O–H groups in total. The number of β-amino-alcohol motifs (C(OH)–C–C–N with tert-alkyl or cyclic N) is 1. The van der Waals surface area contributed by atoms with Crippen LogP contribution in [0.3, 0.4) is 0 Å². The Labute approximate surface area is 141 Å². The Balaban J connectivity index is 1.64. The number of anilines is 3. The van der Waals surface area contributed by atoms with E-state index < -0.39 is 0 Å². The Morgan fingerprint density at radius 1 is 1.33 bits per heavy atom. The third-order valence-corrected chi connectivity index (χ3v) is 4.83. The van der Waals surface area contributed by atoms with Crippen LogP contribution in [0, 0.1) is 0 Å². The number of aryl methyl sites for hydroxylation is 1. The van der Waals surface area contributed by atoms with Gasteiger partial charge in [0.15, 0.2) is 5.82 Å². The SMILES string of the molecule is CC(C)c1cc(Nc2nc(N3CC[C@@H](O)C3)nc3c2CCC3)n[nH]1. The minimum absolute atomic E-state index is 0.279. The molecule has 24 heavy (non-hydrogen) atoms. The van der Waals surface area contributed by atoms with Crippen LogP contribution in [0.4, 0.5) is 17.6 Å². The first-order chi connectivity index (χ1) is 11.6. The van der Waals surface area contributed by atoms with Crippen LogP contribution in [-0.2, 0) is 12.8 Å². The molecule has 7 heteroatoms. The van der Waals surface area contributed by atoms with Crippen molar-refractivity contribution in [3.05, 3.63) is 23.0 Å². The second kappa shape index (κ2) is 6.05. The standard InChI is InChI=1S/C17H24N6O/c1-10(2)14-8-15(22-21-14)19-16-12-4-3-5-13(12)18-17(20-16)23-7-6-11(24)9-23/h8,10-11,24H,3-7,9H2,1-2H3,(H2,18,19,20,21,22)/t11-/m1/s1. The summed E-state index contributed by atoms with van der Waals surface area (Å²) in [5.74, 6) is 2.77. The Morgan fingerprint density at radius 2 is 2.21 bits per heavy atom. The third-order valence-electron chi connectivity index (χ3n) is 4.83. The molecule has 1 atom stereocenters. The number of aromatic nitrogens is 4. The molecule has 0 saturated carbocycles. The molecule has 0 amide bonds. The zero-order valence-corrected chi connectivity index (χ0v) is 14.2. The molecule has 0 bridgehead atoms. The number of nitrogens with zero attached hydrogens (tertiary/aromatic N) is 4. The molecule has 2 aromatic rings. The highest BCUT2D eigenvalue weighted by Gasteiger charge is 2.26. The maximum Gasteiger partial charge on any atom is 0.227 e. The minimum atomic E-state index is -0.279. The highest BCUT2D eigenvalue weighted by Crippen LogP contribution is 2.31. The van der Waals surface area contributed by atoms with Gasteiger partial charge in [-0.15, -0.1) is 0 Å². The van der Waals surface area contributed by atoms with E-state index in [-0.39, 0.29) is 6.10 Å². The van der Waals surface area contributed by atoms with Crippen LogP contribution >= 0.6 is 0 Å². The van der Waals surface area contributed by atoms with Crippen molar-refractivity contribution in [1.82, 2.24) is 20.2 Å². The summed E-state index contributed by atoms with van der Waals surface area (Å²) in [5, 5.41) is 20.6. The normalized spacial score (nSPS) is 20.0. The molecular weight excluding hydrogens is 304 g/mol. The van der Waals surface area contributed by atoms with Gasteiger partial charge >= 0.3 is 0 Å². The van der Waals surface area contributed by atoms with E-state index in [1.54, 1.807) is 0 Å². The fraction of sp³-hybridized carbons (Fsp3) is 0.588. The van der Waals surface area contributed by atoms with Crippen molar-refractivity contribution >= 4 is 17.6 Å². The average Bonchev–Trinajstić information content (AvgIpc) is 3.26. The van der Waals surface area contributed by atoms with Gasteiger partial charge in [0, 0.05) is 30.4 Å². The van der Waals surface area contributed by atoms with Crippen molar-refractivity contribution in [1.29, 1.82) is 0 Å². The quantitative estimate of drug-likeness (QED) is 0.796. The fourth-order valence-corrected chi connectivity index (χ4v) is 3.41. The van der Waals surface area contributed by atoms with Gasteiger partial charge in [-0.05, 0) is 31.6 Å². The summed E-state index contributed by atoms with van der Waals surface area (Å²) in [6.07, 6.45) is 3.61. The molecule has 0 radical (unpaired) electrons. The molecule has 1 fully saturated rings. The molecule has 1 aliphatic heterocycles. The Morgan fingerprint density at radius 3 is 2.92 bits per heavy atom. The summed E-state index contributed by atoms with van der Waals surface area (Å²) in [4.78, 5) is 11.6. The molecule has 1 saturated heterocycles. The molecule has 128 valence electrons. The van der Waals surface area contributed by atoms with Crippen molar-refractivity contribution in [3.8, 4) is 0 Å². The van der Waals surface area contributed by atoms with Gasteiger partial charge in [0.1, 0.15) is 5.82 Å². The van der Waals surface area contributed by atoms with Gasteiger partial charge in [-0.3, -0.25) is 5.10 Å². The lowest BCUT2D eigenvalue weighted by Gasteiger charge is -2.18. The molecule has 4 rings (SSSR count). The number of aliphatic hydroxyl groups excluding tert-OH is 1. The number of aromatic amines is 1. The number of hydrogen-bond donors (Lipinski definition) is 3. The van der Waals surface area contributed by atoms with Crippen molar-refractivity contribution in [2.75, 3.05) is 23.3 Å². The molecule has 1 aliphatic carbocycles. The Kier molecular flexibility index (Phi) is 3.88. The second-order valence-corrected chi connectivity index (χ2v) is 7.03.